The fourth-order valence-electron chi connectivity index (χ4n) is 2.77. The average molecular weight is 378 g/mol. The molecule has 28 heavy (non-hydrogen) atoms. The third-order valence-electron chi connectivity index (χ3n) is 4.26. The van der Waals surface area contributed by atoms with Gasteiger partial charge in [0.25, 0.3) is 0 Å². The maximum atomic E-state index is 5.18. The summed E-state index contributed by atoms with van der Waals surface area (Å²) >= 11 is 0. The predicted molar refractivity (Wildman–Crippen MR) is 105 cm³/mol. The number of hydrogen-bond acceptors (Lipinski definition) is 7. The first-order valence-corrected chi connectivity index (χ1v) is 8.96. The van der Waals surface area contributed by atoms with Gasteiger partial charge in [-0.1, -0.05) is 26.0 Å². The summed E-state index contributed by atoms with van der Waals surface area (Å²) in [6, 6.07) is 11.4. The maximum Gasteiger partial charge on any atom is 0.178 e. The van der Waals surface area contributed by atoms with E-state index in [2.05, 4.69) is 51.7 Å². The van der Waals surface area contributed by atoms with Gasteiger partial charge in [-0.2, -0.15) is 4.52 Å². The topological polar surface area (TPSA) is 95.0 Å². The van der Waals surface area contributed by atoms with Crippen LogP contribution in [0.5, 0.6) is 5.75 Å². The average Bonchev–Trinajstić information content (AvgIpc) is 3.33. The monoisotopic (exact) mass is 378 g/mol. The highest BCUT2D eigenvalue weighted by Gasteiger charge is 2.21. The van der Waals surface area contributed by atoms with Gasteiger partial charge >= 0.3 is 0 Å². The van der Waals surface area contributed by atoms with Crippen LogP contribution in [0.25, 0.3) is 11.3 Å². The molecule has 0 aliphatic carbocycles. The van der Waals surface area contributed by atoms with Crippen molar-refractivity contribution >= 4 is 11.5 Å². The molecule has 1 N–H and O–H groups in total. The van der Waals surface area contributed by atoms with Crippen LogP contribution in [0.4, 0.5) is 5.82 Å². The Hall–Kier alpha value is -3.49. The highest BCUT2D eigenvalue weighted by Crippen LogP contribution is 2.21. The van der Waals surface area contributed by atoms with Crippen molar-refractivity contribution in [1.29, 1.82) is 0 Å². The predicted octanol–water partition coefficient (Wildman–Crippen LogP) is 2.62. The minimum absolute atomic E-state index is 0.147. The van der Waals surface area contributed by atoms with E-state index in [1.54, 1.807) is 16.3 Å². The molecule has 4 rings (SSSR count). The van der Waals surface area contributed by atoms with E-state index in [0.717, 1.165) is 34.4 Å². The molecule has 0 aliphatic rings. The van der Waals surface area contributed by atoms with Crippen molar-refractivity contribution in [3.05, 3.63) is 54.1 Å². The van der Waals surface area contributed by atoms with Crippen LogP contribution in [0.3, 0.4) is 0 Å². The summed E-state index contributed by atoms with van der Waals surface area (Å²) in [5.74, 6) is 2.34. The molecule has 9 nitrogen and oxygen atoms in total. The van der Waals surface area contributed by atoms with Crippen molar-refractivity contribution in [3.63, 3.8) is 0 Å². The normalized spacial score (nSPS) is 11.7. The van der Waals surface area contributed by atoms with Crippen LogP contribution in [0.2, 0.25) is 0 Å². The Balaban J connectivity index is 1.49. The van der Waals surface area contributed by atoms with Gasteiger partial charge in [0.05, 0.1) is 25.5 Å². The van der Waals surface area contributed by atoms with Gasteiger partial charge in [0.2, 0.25) is 0 Å². The number of nitrogens with one attached hydrogen (secondary N) is 1. The summed E-state index contributed by atoms with van der Waals surface area (Å²) in [5.41, 5.74) is 2.29. The Kier molecular flexibility index (Phi) is 4.42. The fraction of sp³-hybridized carbons (Fsp3) is 0.316. The summed E-state index contributed by atoms with van der Waals surface area (Å²) < 4.78 is 8.68. The van der Waals surface area contributed by atoms with Crippen molar-refractivity contribution in [1.82, 2.24) is 34.8 Å². The zero-order valence-corrected chi connectivity index (χ0v) is 16.3. The van der Waals surface area contributed by atoms with Crippen molar-refractivity contribution < 1.29 is 4.74 Å². The lowest BCUT2D eigenvalue weighted by molar-refractivity contribution is 0.414. The van der Waals surface area contributed by atoms with Gasteiger partial charge < -0.3 is 10.1 Å². The zero-order chi connectivity index (χ0) is 19.7. The smallest absolute Gasteiger partial charge is 0.178 e. The SMILES string of the molecule is COc1ccc(-n2cc(CNc3ccc4nnc(C(C)(C)C)n4n3)nn2)cc1. The molecule has 0 aliphatic heterocycles. The molecule has 0 bridgehead atoms. The lowest BCUT2D eigenvalue weighted by Gasteiger charge is -2.15. The number of rotatable bonds is 5. The van der Waals surface area contributed by atoms with Gasteiger partial charge in [-0.25, -0.2) is 4.68 Å². The van der Waals surface area contributed by atoms with Crippen LogP contribution in [-0.2, 0) is 12.0 Å². The lowest BCUT2D eigenvalue weighted by Crippen LogP contribution is -2.17. The molecule has 0 amide bonds. The number of methoxy groups -OCH3 is 1. The number of anilines is 1. The van der Waals surface area contributed by atoms with Gasteiger partial charge in [-0.15, -0.1) is 20.4 Å². The lowest BCUT2D eigenvalue weighted by atomic mass is 9.96. The Bertz CT molecular complexity index is 1090. The van der Waals surface area contributed by atoms with Crippen LogP contribution in [0.15, 0.2) is 42.6 Å². The molecule has 3 heterocycles. The van der Waals surface area contributed by atoms with Gasteiger partial charge in [-0.05, 0) is 36.4 Å². The van der Waals surface area contributed by atoms with Crippen LogP contribution < -0.4 is 10.1 Å². The van der Waals surface area contributed by atoms with E-state index < -0.39 is 0 Å². The Labute approximate surface area is 162 Å². The van der Waals surface area contributed by atoms with E-state index in [1.165, 1.54) is 0 Å². The van der Waals surface area contributed by atoms with Crippen LogP contribution in [0.1, 0.15) is 32.3 Å². The maximum absolute atomic E-state index is 5.18. The molecule has 0 radical (unpaired) electrons. The van der Waals surface area contributed by atoms with E-state index in [1.807, 2.05) is 42.6 Å². The van der Waals surface area contributed by atoms with E-state index in [0.29, 0.717) is 6.54 Å². The molecule has 0 spiro atoms. The molecule has 3 aromatic heterocycles. The summed E-state index contributed by atoms with van der Waals surface area (Å²) in [6.07, 6.45) is 1.88. The molecule has 1 aromatic carbocycles. The third-order valence-corrected chi connectivity index (χ3v) is 4.26. The number of fused-ring (bicyclic) bond motifs is 1. The van der Waals surface area contributed by atoms with Crippen molar-refractivity contribution in [2.75, 3.05) is 12.4 Å². The second kappa shape index (κ2) is 6.91. The van der Waals surface area contributed by atoms with Gasteiger partial charge in [0.15, 0.2) is 11.5 Å². The summed E-state index contributed by atoms with van der Waals surface area (Å²) in [5, 5.41) is 24.7. The number of hydrogen-bond donors (Lipinski definition) is 1. The van der Waals surface area contributed by atoms with Crippen LogP contribution >= 0.6 is 0 Å². The minimum atomic E-state index is -0.147. The summed E-state index contributed by atoms with van der Waals surface area (Å²) in [7, 11) is 1.64. The highest BCUT2D eigenvalue weighted by molar-refractivity contribution is 5.44. The highest BCUT2D eigenvalue weighted by atomic mass is 16.5. The molecule has 9 heteroatoms. The number of aromatic nitrogens is 7. The van der Waals surface area contributed by atoms with Gasteiger partial charge in [0, 0.05) is 5.41 Å². The first-order chi connectivity index (χ1) is 13.4. The molecule has 0 saturated heterocycles. The largest absolute Gasteiger partial charge is 0.497 e. The fourth-order valence-corrected chi connectivity index (χ4v) is 2.77. The second-order valence-corrected chi connectivity index (χ2v) is 7.47. The van der Waals surface area contributed by atoms with E-state index in [-0.39, 0.29) is 5.41 Å². The molecule has 4 aromatic rings. The van der Waals surface area contributed by atoms with Crippen molar-refractivity contribution in [2.45, 2.75) is 32.7 Å². The van der Waals surface area contributed by atoms with Crippen LogP contribution in [0, 0.1) is 0 Å². The first-order valence-electron chi connectivity index (χ1n) is 8.96. The van der Waals surface area contributed by atoms with Crippen molar-refractivity contribution in [2.24, 2.45) is 0 Å². The number of benzene rings is 1. The molecular weight excluding hydrogens is 356 g/mol. The van der Waals surface area contributed by atoms with E-state index in [4.69, 9.17) is 4.74 Å². The molecule has 0 atom stereocenters. The Morgan fingerprint density at radius 3 is 2.50 bits per heavy atom. The first kappa shape index (κ1) is 17.9. The molecular formula is C19H22N8O. The molecule has 0 unspecified atom stereocenters. The number of nitrogens with zero attached hydrogens (tertiary/aromatic N) is 7. The number of ether oxygens (including phenoxy) is 1. The molecule has 0 saturated carbocycles. The van der Waals surface area contributed by atoms with E-state index >= 15 is 0 Å². The summed E-state index contributed by atoms with van der Waals surface area (Å²) in [6.45, 7) is 6.76. The van der Waals surface area contributed by atoms with Crippen molar-refractivity contribution in [3.8, 4) is 11.4 Å². The minimum Gasteiger partial charge on any atom is -0.497 e. The summed E-state index contributed by atoms with van der Waals surface area (Å²) in [4.78, 5) is 0. The van der Waals surface area contributed by atoms with Gasteiger partial charge in [-0.3, -0.25) is 0 Å². The molecule has 0 fully saturated rings. The standard InChI is InChI=1S/C19H22N8O/c1-19(2,3)18-23-22-17-10-9-16(24-27(17)18)20-11-13-12-26(25-21-13)14-5-7-15(28-4)8-6-14/h5-10,12H,11H2,1-4H3,(H,20,24). The second-order valence-electron chi connectivity index (χ2n) is 7.47. The third kappa shape index (κ3) is 3.51. The molecule has 144 valence electrons. The van der Waals surface area contributed by atoms with E-state index in [9.17, 15) is 0 Å². The Morgan fingerprint density at radius 1 is 1.00 bits per heavy atom. The Morgan fingerprint density at radius 2 is 1.79 bits per heavy atom. The quantitative estimate of drug-likeness (QED) is 0.570. The zero-order valence-electron chi connectivity index (χ0n) is 16.3. The van der Waals surface area contributed by atoms with Gasteiger partial charge in [0.1, 0.15) is 17.3 Å². The van der Waals surface area contributed by atoms with Crippen LogP contribution in [-0.4, -0.2) is 41.9 Å².